The van der Waals surface area contributed by atoms with Gasteiger partial charge in [-0.15, -0.1) is 0 Å². The van der Waals surface area contributed by atoms with E-state index in [9.17, 15) is 19.2 Å². The molecule has 0 radical (unpaired) electrons. The molecule has 2 aromatic rings. The summed E-state index contributed by atoms with van der Waals surface area (Å²) in [6.45, 7) is 2.11. The van der Waals surface area contributed by atoms with Crippen LogP contribution in [0.15, 0.2) is 30.6 Å². The predicted octanol–water partition coefficient (Wildman–Crippen LogP) is 0.0407. The molecule has 154 valence electrons. The minimum absolute atomic E-state index is 0.0960. The van der Waals surface area contributed by atoms with Crippen molar-refractivity contribution in [2.45, 2.75) is 31.5 Å². The third kappa shape index (κ3) is 2.96. The number of fused-ring (bicyclic) bond motifs is 1. The Morgan fingerprint density at radius 3 is 2.70 bits per heavy atom. The van der Waals surface area contributed by atoms with Crippen LogP contribution >= 0.6 is 0 Å². The Labute approximate surface area is 171 Å². The first-order valence-electron chi connectivity index (χ1n) is 9.85. The van der Waals surface area contributed by atoms with E-state index in [1.807, 2.05) is 10.9 Å². The number of carbonyl (C=O) groups is 4. The standard InChI is InChI=1S/C20H20N6O4/c27-16-5-4-15(18(28)24-16)26-19(29)14-3-1-2-11(17(14)20(26)30)6-22-12-7-23-25(10-12)13-8-21-9-13/h1-3,7,10,13,15,21-22H,4-6,8-9H2,(H,24,27,28). The quantitative estimate of drug-likeness (QED) is 0.597. The molecule has 3 aliphatic rings. The number of nitrogens with one attached hydrogen (secondary N) is 3. The zero-order chi connectivity index (χ0) is 20.8. The number of rotatable bonds is 5. The Morgan fingerprint density at radius 2 is 1.97 bits per heavy atom. The van der Waals surface area contributed by atoms with Crippen LogP contribution in [0.2, 0.25) is 0 Å². The van der Waals surface area contributed by atoms with E-state index in [-0.39, 0.29) is 18.4 Å². The lowest BCUT2D eigenvalue weighted by Gasteiger charge is -2.27. The molecule has 10 heteroatoms. The summed E-state index contributed by atoms with van der Waals surface area (Å²) in [5.41, 5.74) is 2.06. The third-order valence-electron chi connectivity index (χ3n) is 5.77. The van der Waals surface area contributed by atoms with Crippen molar-refractivity contribution < 1.29 is 19.2 Å². The molecule has 1 aromatic carbocycles. The topological polar surface area (TPSA) is 125 Å². The summed E-state index contributed by atoms with van der Waals surface area (Å²) in [6.07, 6.45) is 3.87. The molecule has 0 saturated carbocycles. The number of hydrogen-bond acceptors (Lipinski definition) is 7. The summed E-state index contributed by atoms with van der Waals surface area (Å²) in [6, 6.07) is 4.48. The molecule has 30 heavy (non-hydrogen) atoms. The van der Waals surface area contributed by atoms with Crippen molar-refractivity contribution in [3.05, 3.63) is 47.3 Å². The second-order valence-electron chi connectivity index (χ2n) is 7.66. The Morgan fingerprint density at radius 1 is 1.13 bits per heavy atom. The first-order valence-corrected chi connectivity index (χ1v) is 9.85. The van der Waals surface area contributed by atoms with Gasteiger partial charge in [-0.2, -0.15) is 5.10 Å². The molecular weight excluding hydrogens is 388 g/mol. The average Bonchev–Trinajstić information content (AvgIpc) is 3.23. The van der Waals surface area contributed by atoms with Gasteiger partial charge in [-0.05, 0) is 18.1 Å². The smallest absolute Gasteiger partial charge is 0.262 e. The highest BCUT2D eigenvalue weighted by atomic mass is 16.2. The van der Waals surface area contributed by atoms with E-state index >= 15 is 0 Å². The normalized spacial score (nSPS) is 21.5. The van der Waals surface area contributed by atoms with Gasteiger partial charge in [0, 0.05) is 32.3 Å². The number of amides is 4. The van der Waals surface area contributed by atoms with Gasteiger partial charge in [-0.25, -0.2) is 0 Å². The van der Waals surface area contributed by atoms with Crippen molar-refractivity contribution in [3.63, 3.8) is 0 Å². The fourth-order valence-corrected chi connectivity index (χ4v) is 4.02. The average molecular weight is 408 g/mol. The van der Waals surface area contributed by atoms with Crippen LogP contribution in [-0.2, 0) is 16.1 Å². The number of nitrogens with zero attached hydrogens (tertiary/aromatic N) is 3. The van der Waals surface area contributed by atoms with Crippen molar-refractivity contribution >= 4 is 29.3 Å². The highest BCUT2D eigenvalue weighted by Gasteiger charge is 2.45. The SMILES string of the molecule is O=C1CCC(N2C(=O)c3cccc(CNc4cnn(C5CNC5)c4)c3C2=O)C(=O)N1. The van der Waals surface area contributed by atoms with Crippen LogP contribution < -0.4 is 16.0 Å². The van der Waals surface area contributed by atoms with Gasteiger partial charge in [0.1, 0.15) is 6.04 Å². The lowest BCUT2D eigenvalue weighted by molar-refractivity contribution is -0.136. The Bertz CT molecular complexity index is 1070. The summed E-state index contributed by atoms with van der Waals surface area (Å²) in [5, 5.41) is 13.0. The molecule has 4 amide bonds. The zero-order valence-corrected chi connectivity index (χ0v) is 16.1. The maximum atomic E-state index is 13.1. The van der Waals surface area contributed by atoms with E-state index in [2.05, 4.69) is 21.0 Å². The van der Waals surface area contributed by atoms with E-state index in [1.54, 1.807) is 24.4 Å². The van der Waals surface area contributed by atoms with E-state index in [1.165, 1.54) is 0 Å². The molecule has 0 spiro atoms. The van der Waals surface area contributed by atoms with Gasteiger partial charge in [0.15, 0.2) is 0 Å². The molecule has 1 aromatic heterocycles. The first-order chi connectivity index (χ1) is 14.5. The summed E-state index contributed by atoms with van der Waals surface area (Å²) in [5.74, 6) is -2.01. The van der Waals surface area contributed by atoms with Crippen LogP contribution in [0.25, 0.3) is 0 Å². The van der Waals surface area contributed by atoms with E-state index < -0.39 is 29.7 Å². The molecule has 0 aliphatic carbocycles. The molecule has 3 aliphatic heterocycles. The van der Waals surface area contributed by atoms with E-state index in [0.717, 1.165) is 23.7 Å². The van der Waals surface area contributed by atoms with Crippen LogP contribution in [0.4, 0.5) is 5.69 Å². The zero-order valence-electron chi connectivity index (χ0n) is 16.1. The number of hydrogen-bond donors (Lipinski definition) is 3. The Hall–Kier alpha value is -3.53. The molecule has 3 N–H and O–H groups in total. The highest BCUT2D eigenvalue weighted by Crippen LogP contribution is 2.30. The number of anilines is 1. The van der Waals surface area contributed by atoms with Crippen LogP contribution in [-0.4, -0.2) is 57.4 Å². The summed E-state index contributed by atoms with van der Waals surface area (Å²) in [7, 11) is 0. The second-order valence-corrected chi connectivity index (χ2v) is 7.66. The molecule has 10 nitrogen and oxygen atoms in total. The van der Waals surface area contributed by atoms with Crippen LogP contribution in [0.5, 0.6) is 0 Å². The summed E-state index contributed by atoms with van der Waals surface area (Å²) >= 11 is 0. The lowest BCUT2D eigenvalue weighted by atomic mass is 10.0. The summed E-state index contributed by atoms with van der Waals surface area (Å²) < 4.78 is 1.90. The van der Waals surface area contributed by atoms with Gasteiger partial charge in [0.2, 0.25) is 11.8 Å². The number of carbonyl (C=O) groups excluding carboxylic acids is 4. The van der Waals surface area contributed by atoms with Gasteiger partial charge >= 0.3 is 0 Å². The minimum Gasteiger partial charge on any atom is -0.378 e. The van der Waals surface area contributed by atoms with Crippen molar-refractivity contribution in [2.24, 2.45) is 0 Å². The van der Waals surface area contributed by atoms with Crippen molar-refractivity contribution in [2.75, 3.05) is 18.4 Å². The van der Waals surface area contributed by atoms with Gasteiger partial charge < -0.3 is 10.6 Å². The molecule has 4 heterocycles. The summed E-state index contributed by atoms with van der Waals surface area (Å²) in [4.78, 5) is 50.6. The van der Waals surface area contributed by atoms with Gasteiger partial charge in [0.25, 0.3) is 11.8 Å². The number of piperidine rings is 1. The van der Waals surface area contributed by atoms with Gasteiger partial charge in [-0.3, -0.25) is 34.1 Å². The van der Waals surface area contributed by atoms with Crippen molar-refractivity contribution in [1.29, 1.82) is 0 Å². The van der Waals surface area contributed by atoms with Crippen LogP contribution in [0.3, 0.4) is 0 Å². The van der Waals surface area contributed by atoms with Crippen molar-refractivity contribution in [1.82, 2.24) is 25.3 Å². The Balaban J connectivity index is 1.36. The largest absolute Gasteiger partial charge is 0.378 e. The fraction of sp³-hybridized carbons (Fsp3) is 0.350. The maximum Gasteiger partial charge on any atom is 0.262 e. The van der Waals surface area contributed by atoms with Gasteiger partial charge in [0.05, 0.1) is 29.1 Å². The maximum absolute atomic E-state index is 13.1. The number of imide groups is 2. The third-order valence-corrected chi connectivity index (χ3v) is 5.77. The molecule has 1 unspecified atom stereocenters. The van der Waals surface area contributed by atoms with Gasteiger partial charge in [-0.1, -0.05) is 12.1 Å². The van der Waals surface area contributed by atoms with Crippen molar-refractivity contribution in [3.8, 4) is 0 Å². The first kappa shape index (κ1) is 18.5. The van der Waals surface area contributed by atoms with E-state index in [0.29, 0.717) is 23.7 Å². The van der Waals surface area contributed by atoms with E-state index in [4.69, 9.17) is 0 Å². The monoisotopic (exact) mass is 408 g/mol. The number of benzene rings is 1. The predicted molar refractivity (Wildman–Crippen MR) is 105 cm³/mol. The second kappa shape index (κ2) is 7.06. The number of aromatic nitrogens is 2. The molecule has 0 bridgehead atoms. The minimum atomic E-state index is -0.967. The highest BCUT2D eigenvalue weighted by molar-refractivity contribution is 6.24. The Kier molecular flexibility index (Phi) is 4.35. The lowest BCUT2D eigenvalue weighted by Crippen LogP contribution is -2.54. The molecule has 2 saturated heterocycles. The molecule has 2 fully saturated rings. The molecule has 1 atom stereocenters. The van der Waals surface area contributed by atoms with Crippen LogP contribution in [0.1, 0.15) is 45.2 Å². The van der Waals surface area contributed by atoms with Crippen LogP contribution in [0, 0.1) is 0 Å². The fourth-order valence-electron chi connectivity index (χ4n) is 4.02. The molecule has 5 rings (SSSR count). The molecular formula is C20H20N6O4.